The van der Waals surface area contributed by atoms with E-state index in [-0.39, 0.29) is 12.3 Å². The number of amides is 2. The Hall–Kier alpha value is -1.41. The summed E-state index contributed by atoms with van der Waals surface area (Å²) in [6, 6.07) is 11.6. The molecule has 0 aliphatic carbocycles. The second-order valence-electron chi connectivity index (χ2n) is 4.57. The van der Waals surface area contributed by atoms with E-state index in [1.165, 1.54) is 11.3 Å². The highest BCUT2D eigenvalue weighted by Gasteiger charge is 2.18. The molecular weight excluding hydrogens is 399 g/mol. The van der Waals surface area contributed by atoms with Gasteiger partial charge in [0.2, 0.25) is 5.91 Å². The highest BCUT2D eigenvalue weighted by Crippen LogP contribution is 2.19. The SMILES string of the molecule is NC(=O)CCN(Cc1ccccc1)C(=O)c1csc(I)c1. The quantitative estimate of drug-likeness (QED) is 0.739. The topological polar surface area (TPSA) is 63.4 Å². The van der Waals surface area contributed by atoms with Crippen LogP contribution in [0.5, 0.6) is 0 Å². The maximum Gasteiger partial charge on any atom is 0.255 e. The Labute approximate surface area is 141 Å². The third-order valence-electron chi connectivity index (χ3n) is 2.95. The number of halogens is 1. The van der Waals surface area contributed by atoms with Gasteiger partial charge in [-0.05, 0) is 34.2 Å². The van der Waals surface area contributed by atoms with E-state index in [2.05, 4.69) is 22.6 Å². The van der Waals surface area contributed by atoms with Gasteiger partial charge in [-0.1, -0.05) is 30.3 Å². The fourth-order valence-electron chi connectivity index (χ4n) is 1.91. The predicted molar refractivity (Wildman–Crippen MR) is 92.0 cm³/mol. The van der Waals surface area contributed by atoms with Gasteiger partial charge in [-0.3, -0.25) is 9.59 Å². The van der Waals surface area contributed by atoms with E-state index < -0.39 is 5.91 Å². The maximum absolute atomic E-state index is 12.6. The molecule has 0 atom stereocenters. The first-order valence-corrected chi connectivity index (χ1v) is 8.37. The molecule has 0 fully saturated rings. The molecule has 2 N–H and O–H groups in total. The summed E-state index contributed by atoms with van der Waals surface area (Å²) in [6.45, 7) is 0.800. The largest absolute Gasteiger partial charge is 0.370 e. The molecule has 21 heavy (non-hydrogen) atoms. The zero-order valence-corrected chi connectivity index (χ0v) is 14.3. The van der Waals surface area contributed by atoms with Crippen molar-refractivity contribution >= 4 is 45.7 Å². The summed E-state index contributed by atoms with van der Waals surface area (Å²) in [5.74, 6) is -0.472. The van der Waals surface area contributed by atoms with Gasteiger partial charge in [0.1, 0.15) is 0 Å². The lowest BCUT2D eigenvalue weighted by atomic mass is 10.2. The number of carbonyl (C=O) groups excluding carboxylic acids is 2. The smallest absolute Gasteiger partial charge is 0.255 e. The van der Waals surface area contributed by atoms with Crippen LogP contribution in [-0.4, -0.2) is 23.3 Å². The summed E-state index contributed by atoms with van der Waals surface area (Å²) in [5, 5.41) is 1.84. The summed E-state index contributed by atoms with van der Waals surface area (Å²) in [6.07, 6.45) is 0.166. The van der Waals surface area contributed by atoms with Crippen molar-refractivity contribution in [3.05, 3.63) is 55.8 Å². The van der Waals surface area contributed by atoms with Gasteiger partial charge in [0.25, 0.3) is 5.91 Å². The number of nitrogens with two attached hydrogens (primary N) is 1. The Kier molecular flexibility index (Phi) is 5.75. The number of hydrogen-bond donors (Lipinski definition) is 1. The summed E-state index contributed by atoms with van der Waals surface area (Å²) in [5.41, 5.74) is 6.89. The summed E-state index contributed by atoms with van der Waals surface area (Å²) >= 11 is 3.72. The summed E-state index contributed by atoms with van der Waals surface area (Å²) in [7, 11) is 0. The monoisotopic (exact) mass is 414 g/mol. The molecule has 0 saturated heterocycles. The minimum atomic E-state index is -0.402. The highest BCUT2D eigenvalue weighted by atomic mass is 127. The second-order valence-corrected chi connectivity index (χ2v) is 7.37. The number of rotatable bonds is 6. The molecule has 0 aliphatic heterocycles. The summed E-state index contributed by atoms with van der Waals surface area (Å²) in [4.78, 5) is 25.2. The van der Waals surface area contributed by atoms with E-state index in [0.29, 0.717) is 18.7 Å². The molecule has 1 aromatic carbocycles. The van der Waals surface area contributed by atoms with Crippen LogP contribution in [0.25, 0.3) is 0 Å². The van der Waals surface area contributed by atoms with E-state index in [1.807, 2.05) is 41.8 Å². The van der Waals surface area contributed by atoms with E-state index in [1.54, 1.807) is 4.90 Å². The van der Waals surface area contributed by atoms with Crippen LogP contribution in [-0.2, 0) is 11.3 Å². The van der Waals surface area contributed by atoms with Crippen LogP contribution in [0, 0.1) is 2.88 Å². The highest BCUT2D eigenvalue weighted by molar-refractivity contribution is 14.1. The summed E-state index contributed by atoms with van der Waals surface area (Å²) < 4.78 is 1.06. The van der Waals surface area contributed by atoms with Gasteiger partial charge in [0.15, 0.2) is 0 Å². The Morgan fingerprint density at radius 1 is 1.24 bits per heavy atom. The molecule has 2 rings (SSSR count). The van der Waals surface area contributed by atoms with E-state index in [4.69, 9.17) is 5.73 Å². The Bertz CT molecular complexity index is 628. The van der Waals surface area contributed by atoms with Crippen molar-refractivity contribution < 1.29 is 9.59 Å². The van der Waals surface area contributed by atoms with Crippen LogP contribution in [0.2, 0.25) is 0 Å². The van der Waals surface area contributed by atoms with Crippen molar-refractivity contribution in [1.82, 2.24) is 4.90 Å². The fourth-order valence-corrected chi connectivity index (χ4v) is 3.23. The van der Waals surface area contributed by atoms with E-state index >= 15 is 0 Å². The zero-order chi connectivity index (χ0) is 15.2. The lowest BCUT2D eigenvalue weighted by Crippen LogP contribution is -2.33. The van der Waals surface area contributed by atoms with Crippen molar-refractivity contribution in [2.24, 2.45) is 5.73 Å². The van der Waals surface area contributed by atoms with E-state index in [0.717, 1.165) is 8.45 Å². The standard InChI is InChI=1S/C15H15IN2O2S/c16-13-8-12(10-21-13)15(20)18(7-6-14(17)19)9-11-4-2-1-3-5-11/h1-5,8,10H,6-7,9H2,(H2,17,19). The number of hydrogen-bond acceptors (Lipinski definition) is 3. The van der Waals surface area contributed by atoms with Crippen LogP contribution in [0.3, 0.4) is 0 Å². The Morgan fingerprint density at radius 3 is 2.52 bits per heavy atom. The molecule has 0 unspecified atom stereocenters. The van der Waals surface area contributed by atoms with Crippen molar-refractivity contribution in [3.8, 4) is 0 Å². The number of thiophene rings is 1. The molecule has 0 bridgehead atoms. The van der Waals surface area contributed by atoms with Crippen molar-refractivity contribution in [3.63, 3.8) is 0 Å². The van der Waals surface area contributed by atoms with Crippen LogP contribution in [0.15, 0.2) is 41.8 Å². The molecule has 2 amide bonds. The first-order chi connectivity index (χ1) is 10.1. The first kappa shape index (κ1) is 16.0. The molecule has 0 radical (unpaired) electrons. The molecule has 0 saturated carbocycles. The van der Waals surface area contributed by atoms with Gasteiger partial charge in [-0.15, -0.1) is 11.3 Å². The average Bonchev–Trinajstić information content (AvgIpc) is 2.90. The molecule has 110 valence electrons. The van der Waals surface area contributed by atoms with Gasteiger partial charge in [-0.25, -0.2) is 0 Å². The minimum Gasteiger partial charge on any atom is -0.370 e. The Balaban J connectivity index is 2.14. The molecule has 0 spiro atoms. The normalized spacial score (nSPS) is 10.3. The van der Waals surface area contributed by atoms with Crippen molar-refractivity contribution in [1.29, 1.82) is 0 Å². The fraction of sp³-hybridized carbons (Fsp3) is 0.200. The van der Waals surface area contributed by atoms with Crippen molar-refractivity contribution in [2.75, 3.05) is 6.54 Å². The minimum absolute atomic E-state index is 0.0701. The van der Waals surface area contributed by atoms with E-state index in [9.17, 15) is 9.59 Å². The molecule has 1 aromatic heterocycles. The van der Waals surface area contributed by atoms with Gasteiger partial charge in [-0.2, -0.15) is 0 Å². The van der Waals surface area contributed by atoms with Crippen LogP contribution in [0.4, 0.5) is 0 Å². The van der Waals surface area contributed by atoms with Crippen LogP contribution in [0.1, 0.15) is 22.3 Å². The number of nitrogens with zero attached hydrogens (tertiary/aromatic N) is 1. The third kappa shape index (κ3) is 4.82. The molecule has 0 aliphatic rings. The Morgan fingerprint density at radius 2 is 1.95 bits per heavy atom. The van der Waals surface area contributed by atoms with Gasteiger partial charge >= 0.3 is 0 Å². The third-order valence-corrected chi connectivity index (χ3v) is 4.74. The average molecular weight is 414 g/mol. The van der Waals surface area contributed by atoms with Crippen LogP contribution < -0.4 is 5.73 Å². The molecule has 2 aromatic rings. The number of benzene rings is 1. The predicted octanol–water partition coefficient (Wildman–Crippen LogP) is 2.87. The lowest BCUT2D eigenvalue weighted by Gasteiger charge is -2.22. The lowest BCUT2D eigenvalue weighted by molar-refractivity contribution is -0.118. The van der Waals surface area contributed by atoms with Gasteiger partial charge < -0.3 is 10.6 Å². The molecule has 1 heterocycles. The molecular formula is C15H15IN2O2S. The number of primary amides is 1. The maximum atomic E-state index is 12.6. The van der Waals surface area contributed by atoms with Crippen molar-refractivity contribution in [2.45, 2.75) is 13.0 Å². The van der Waals surface area contributed by atoms with Crippen LogP contribution >= 0.6 is 33.9 Å². The van der Waals surface area contributed by atoms with Gasteiger partial charge in [0.05, 0.1) is 8.45 Å². The van der Waals surface area contributed by atoms with Gasteiger partial charge in [0, 0.05) is 24.9 Å². The number of carbonyl (C=O) groups is 2. The molecule has 6 heteroatoms. The first-order valence-electron chi connectivity index (χ1n) is 6.42. The zero-order valence-electron chi connectivity index (χ0n) is 11.3. The molecule has 4 nitrogen and oxygen atoms in total. The second kappa shape index (κ2) is 7.56.